The highest BCUT2D eigenvalue weighted by Crippen LogP contribution is 2.51. The first-order chi connectivity index (χ1) is 22.3. The molecule has 7 aromatic rings. The molecule has 0 amide bonds. The summed E-state index contributed by atoms with van der Waals surface area (Å²) < 4.78 is 0. The smallest absolute Gasteiger partial charge is 0.164 e. The van der Waals surface area contributed by atoms with Crippen LogP contribution < -0.4 is 0 Å². The molecule has 3 nitrogen and oxygen atoms in total. The molecule has 228 valence electrons. The summed E-state index contributed by atoms with van der Waals surface area (Å²) in [6.07, 6.45) is 0. The Hall–Kier alpha value is -5.41. The molecular formula is C44H37N3. The van der Waals surface area contributed by atoms with Crippen molar-refractivity contribution in [2.45, 2.75) is 46.0 Å². The first-order valence-electron chi connectivity index (χ1n) is 16.0. The van der Waals surface area contributed by atoms with Gasteiger partial charge in [0.05, 0.1) is 0 Å². The summed E-state index contributed by atoms with van der Waals surface area (Å²) in [7, 11) is 0. The van der Waals surface area contributed by atoms with Gasteiger partial charge in [-0.2, -0.15) is 0 Å². The second-order valence-corrected chi connectivity index (χ2v) is 13.7. The third-order valence-electron chi connectivity index (χ3n) is 10.3. The van der Waals surface area contributed by atoms with Crippen molar-refractivity contribution >= 4 is 10.8 Å². The molecule has 0 saturated heterocycles. The van der Waals surface area contributed by atoms with Crippen molar-refractivity contribution in [3.63, 3.8) is 0 Å². The summed E-state index contributed by atoms with van der Waals surface area (Å²) >= 11 is 0. The lowest BCUT2D eigenvalue weighted by Gasteiger charge is -2.22. The number of hydrogen-bond donors (Lipinski definition) is 0. The third-order valence-corrected chi connectivity index (χ3v) is 10.3. The second kappa shape index (κ2) is 10.3. The molecule has 0 N–H and O–H groups in total. The Balaban J connectivity index is 0.00000324. The summed E-state index contributed by atoms with van der Waals surface area (Å²) in [6.45, 7) is 9.24. The minimum Gasteiger partial charge on any atom is -0.208 e. The molecule has 1 heterocycles. The summed E-state index contributed by atoms with van der Waals surface area (Å²) in [4.78, 5) is 15.5. The molecule has 0 fully saturated rings. The largest absolute Gasteiger partial charge is 0.208 e. The Bertz CT molecular complexity index is 2250. The van der Waals surface area contributed by atoms with Crippen molar-refractivity contribution in [3.8, 4) is 56.4 Å². The SMILES string of the molecule is C.CC1(C)c2ccccc2-c2ccc(-c3nc(-c4ccc5c(c4)C(C)(C)c4ccccc4-5)nc(-c4ccc5ccccc5c4)n3)cc21. The molecule has 0 saturated carbocycles. The number of fused-ring (bicyclic) bond motifs is 7. The van der Waals surface area contributed by atoms with Crippen LogP contribution in [-0.2, 0) is 10.8 Å². The lowest BCUT2D eigenvalue weighted by Crippen LogP contribution is -2.15. The van der Waals surface area contributed by atoms with E-state index in [-0.39, 0.29) is 18.3 Å². The van der Waals surface area contributed by atoms with Gasteiger partial charge in [-0.15, -0.1) is 0 Å². The van der Waals surface area contributed by atoms with Crippen molar-refractivity contribution in [2.24, 2.45) is 0 Å². The van der Waals surface area contributed by atoms with Crippen LogP contribution >= 0.6 is 0 Å². The molecule has 0 spiro atoms. The molecule has 9 rings (SSSR count). The lowest BCUT2D eigenvalue weighted by atomic mass is 9.82. The molecule has 0 aliphatic heterocycles. The van der Waals surface area contributed by atoms with Crippen molar-refractivity contribution in [1.82, 2.24) is 15.0 Å². The minimum absolute atomic E-state index is 0. The van der Waals surface area contributed by atoms with Crippen LogP contribution in [0.5, 0.6) is 0 Å². The number of rotatable bonds is 3. The van der Waals surface area contributed by atoms with Crippen molar-refractivity contribution in [1.29, 1.82) is 0 Å². The van der Waals surface area contributed by atoms with Crippen LogP contribution in [0.2, 0.25) is 0 Å². The Morgan fingerprint density at radius 3 is 1.26 bits per heavy atom. The first kappa shape index (κ1) is 29.0. The normalized spacial score (nSPS) is 14.6. The van der Waals surface area contributed by atoms with E-state index in [2.05, 4.69) is 155 Å². The van der Waals surface area contributed by atoms with E-state index in [1.54, 1.807) is 0 Å². The maximum absolute atomic E-state index is 5.18. The topological polar surface area (TPSA) is 38.7 Å². The Kier molecular flexibility index (Phi) is 6.36. The van der Waals surface area contributed by atoms with Gasteiger partial charge in [0.1, 0.15) is 0 Å². The van der Waals surface area contributed by atoms with Crippen LogP contribution in [0.15, 0.2) is 127 Å². The third kappa shape index (κ3) is 4.30. The van der Waals surface area contributed by atoms with Gasteiger partial charge in [-0.3, -0.25) is 0 Å². The number of aromatic nitrogens is 3. The molecule has 0 atom stereocenters. The molecule has 0 radical (unpaired) electrons. The number of hydrogen-bond acceptors (Lipinski definition) is 3. The fraction of sp³-hybridized carbons (Fsp3) is 0.159. The van der Waals surface area contributed by atoms with Crippen LogP contribution in [-0.4, -0.2) is 15.0 Å². The highest BCUT2D eigenvalue weighted by molar-refractivity contribution is 5.88. The van der Waals surface area contributed by atoms with Crippen molar-refractivity contribution < 1.29 is 0 Å². The average molecular weight is 608 g/mol. The van der Waals surface area contributed by atoms with Crippen molar-refractivity contribution in [3.05, 3.63) is 150 Å². The van der Waals surface area contributed by atoms with Gasteiger partial charge in [0.2, 0.25) is 0 Å². The second-order valence-electron chi connectivity index (χ2n) is 13.7. The molecule has 1 aromatic heterocycles. The van der Waals surface area contributed by atoms with Gasteiger partial charge >= 0.3 is 0 Å². The number of benzene rings is 6. The van der Waals surface area contributed by atoms with E-state index in [0.717, 1.165) is 22.1 Å². The van der Waals surface area contributed by atoms with Gasteiger partial charge in [0.15, 0.2) is 17.5 Å². The highest BCUT2D eigenvalue weighted by atomic mass is 15.0. The standard InChI is InChI=1S/C43H33N3.CH4/c1-42(2)35-15-9-7-13-31(35)33-21-19-29(24-37(33)42)40-44-39(28-18-17-26-11-5-6-12-27(26)23-28)45-41(46-40)30-20-22-34-32-14-8-10-16-36(32)43(3,4)38(34)25-30;/h5-25H,1-4H3;1H4. The number of nitrogens with zero attached hydrogens (tertiary/aromatic N) is 3. The van der Waals surface area contributed by atoms with Gasteiger partial charge in [0, 0.05) is 27.5 Å². The van der Waals surface area contributed by atoms with Crippen LogP contribution in [0, 0.1) is 0 Å². The molecule has 3 heteroatoms. The molecule has 2 aliphatic carbocycles. The molecule has 0 bridgehead atoms. The van der Waals surface area contributed by atoms with Crippen LogP contribution in [0.3, 0.4) is 0 Å². The van der Waals surface area contributed by atoms with Gasteiger partial charge in [0.25, 0.3) is 0 Å². The monoisotopic (exact) mass is 607 g/mol. The summed E-state index contributed by atoms with van der Waals surface area (Å²) in [5, 5.41) is 2.36. The predicted molar refractivity (Wildman–Crippen MR) is 195 cm³/mol. The molecule has 2 aliphatic rings. The van der Waals surface area contributed by atoms with E-state index >= 15 is 0 Å². The molecule has 47 heavy (non-hydrogen) atoms. The van der Waals surface area contributed by atoms with E-state index in [1.807, 2.05) is 0 Å². The zero-order valence-corrected chi connectivity index (χ0v) is 26.5. The van der Waals surface area contributed by atoms with E-state index in [4.69, 9.17) is 15.0 Å². The van der Waals surface area contributed by atoms with Gasteiger partial charge in [-0.25, -0.2) is 15.0 Å². The van der Waals surface area contributed by atoms with Crippen LogP contribution in [0.25, 0.3) is 67.2 Å². The van der Waals surface area contributed by atoms with Crippen LogP contribution in [0.4, 0.5) is 0 Å². The van der Waals surface area contributed by atoms with Crippen molar-refractivity contribution in [2.75, 3.05) is 0 Å². The van der Waals surface area contributed by atoms with Crippen LogP contribution in [0.1, 0.15) is 57.4 Å². The lowest BCUT2D eigenvalue weighted by molar-refractivity contribution is 0.660. The predicted octanol–water partition coefficient (Wildman–Crippen LogP) is 11.3. The molecular weight excluding hydrogens is 571 g/mol. The zero-order chi connectivity index (χ0) is 31.2. The minimum atomic E-state index is -0.112. The van der Waals surface area contributed by atoms with E-state index in [9.17, 15) is 0 Å². The fourth-order valence-electron chi connectivity index (χ4n) is 7.78. The summed E-state index contributed by atoms with van der Waals surface area (Å²) in [6, 6.07) is 45.8. The van der Waals surface area contributed by atoms with Gasteiger partial charge in [-0.05, 0) is 73.5 Å². The first-order valence-corrected chi connectivity index (χ1v) is 16.0. The molecule has 6 aromatic carbocycles. The van der Waals surface area contributed by atoms with E-state index in [0.29, 0.717) is 17.5 Å². The van der Waals surface area contributed by atoms with Gasteiger partial charge in [-0.1, -0.05) is 144 Å². The Morgan fingerprint density at radius 2 is 0.745 bits per heavy atom. The molecule has 0 unspecified atom stereocenters. The Labute approximate surface area is 277 Å². The van der Waals surface area contributed by atoms with Gasteiger partial charge < -0.3 is 0 Å². The zero-order valence-electron chi connectivity index (χ0n) is 26.5. The quantitative estimate of drug-likeness (QED) is 0.201. The fourth-order valence-corrected chi connectivity index (χ4v) is 7.78. The summed E-state index contributed by atoms with van der Waals surface area (Å²) in [5.74, 6) is 2.05. The average Bonchev–Trinajstić information content (AvgIpc) is 3.47. The Morgan fingerprint density at radius 1 is 0.362 bits per heavy atom. The van der Waals surface area contributed by atoms with E-state index in [1.165, 1.54) is 49.9 Å². The summed E-state index contributed by atoms with van der Waals surface area (Å²) in [5.41, 5.74) is 13.3. The van der Waals surface area contributed by atoms with E-state index < -0.39 is 0 Å². The maximum Gasteiger partial charge on any atom is 0.164 e. The maximum atomic E-state index is 5.18. The highest BCUT2D eigenvalue weighted by Gasteiger charge is 2.37.